The quantitative estimate of drug-likeness (QED) is 0.157. The minimum Gasteiger partial charge on any atom is -0.316 e. The van der Waals surface area contributed by atoms with Crippen molar-refractivity contribution in [3.8, 4) is 44.8 Å². The lowest BCUT2D eigenvalue weighted by Gasteiger charge is -2.28. The van der Waals surface area contributed by atoms with Gasteiger partial charge in [0.2, 0.25) is 0 Å². The fraction of sp³-hybridized carbons (Fsp3) is 0.0508. The Balaban J connectivity index is 0.998. The van der Waals surface area contributed by atoms with Crippen molar-refractivity contribution in [3.05, 3.63) is 236 Å². The minimum absolute atomic E-state index is 0.106. The predicted octanol–water partition coefficient (Wildman–Crippen LogP) is 15.8. The Labute approximate surface area is 362 Å². The molecule has 12 rings (SSSR count). The van der Waals surface area contributed by atoms with Gasteiger partial charge in [0.25, 0.3) is 0 Å². The van der Waals surface area contributed by atoms with Crippen LogP contribution >= 0.6 is 0 Å². The van der Waals surface area contributed by atoms with E-state index in [1.165, 1.54) is 77.2 Å². The summed E-state index contributed by atoms with van der Waals surface area (Å²) in [5.74, 6) is 0. The van der Waals surface area contributed by atoms with Crippen LogP contribution in [0.3, 0.4) is 0 Å². The lowest BCUT2D eigenvalue weighted by molar-refractivity contribution is 0.660. The molecule has 0 unspecified atom stereocenters. The molecule has 0 spiro atoms. The molecule has 0 bridgehead atoms. The van der Waals surface area contributed by atoms with Crippen molar-refractivity contribution < 1.29 is 0 Å². The van der Waals surface area contributed by atoms with Gasteiger partial charge in [-0.1, -0.05) is 147 Å². The van der Waals surface area contributed by atoms with Crippen LogP contribution in [0.1, 0.15) is 25.0 Å². The van der Waals surface area contributed by atoms with Gasteiger partial charge in [-0.3, -0.25) is 0 Å². The molecular formula is C59H43N3. The number of rotatable bonds is 7. The van der Waals surface area contributed by atoms with Gasteiger partial charge in [0.15, 0.2) is 0 Å². The van der Waals surface area contributed by atoms with Crippen LogP contribution in [-0.4, -0.2) is 9.13 Å². The van der Waals surface area contributed by atoms with E-state index in [-0.39, 0.29) is 5.41 Å². The van der Waals surface area contributed by atoms with Crippen LogP contribution in [0.25, 0.3) is 77.5 Å². The molecule has 0 radical (unpaired) electrons. The summed E-state index contributed by atoms with van der Waals surface area (Å²) in [6.07, 6.45) is 2.20. The Morgan fingerprint density at radius 2 is 0.952 bits per heavy atom. The number of hydrogen-bond donors (Lipinski definition) is 0. The number of aromatic nitrogens is 2. The summed E-state index contributed by atoms with van der Waals surface area (Å²) in [4.78, 5) is 2.41. The Bertz CT molecular complexity index is 3450. The van der Waals surface area contributed by atoms with Crippen LogP contribution in [0.15, 0.2) is 225 Å². The van der Waals surface area contributed by atoms with Crippen LogP contribution in [0, 0.1) is 0 Å². The molecule has 3 heteroatoms. The Hall–Kier alpha value is -7.88. The predicted molar refractivity (Wildman–Crippen MR) is 261 cm³/mol. The van der Waals surface area contributed by atoms with E-state index in [0.717, 1.165) is 28.4 Å². The molecule has 3 nitrogen and oxygen atoms in total. The van der Waals surface area contributed by atoms with Crippen molar-refractivity contribution >= 4 is 49.8 Å². The number of nitrogens with zero attached hydrogens (tertiary/aromatic N) is 3. The van der Waals surface area contributed by atoms with Gasteiger partial charge in [0.1, 0.15) is 0 Å². The molecule has 1 aliphatic carbocycles. The normalized spacial score (nSPS) is 12.8. The maximum Gasteiger partial charge on any atom is 0.0628 e. The topological polar surface area (TPSA) is 13.1 Å². The van der Waals surface area contributed by atoms with Gasteiger partial charge in [0, 0.05) is 56.2 Å². The lowest BCUT2D eigenvalue weighted by Crippen LogP contribution is -2.16. The van der Waals surface area contributed by atoms with Crippen LogP contribution in [0.4, 0.5) is 17.1 Å². The van der Waals surface area contributed by atoms with Crippen molar-refractivity contribution in [1.82, 2.24) is 9.13 Å². The Morgan fingerprint density at radius 3 is 1.66 bits per heavy atom. The molecule has 0 N–H and O–H groups in total. The first-order chi connectivity index (χ1) is 30.5. The molecule has 0 saturated carbocycles. The third-order valence-electron chi connectivity index (χ3n) is 13.1. The van der Waals surface area contributed by atoms with Gasteiger partial charge in [-0.05, 0) is 129 Å². The highest BCUT2D eigenvalue weighted by Gasteiger charge is 2.35. The molecule has 62 heavy (non-hydrogen) atoms. The lowest BCUT2D eigenvalue weighted by atomic mass is 9.82. The second-order valence-electron chi connectivity index (χ2n) is 17.0. The highest BCUT2D eigenvalue weighted by atomic mass is 15.1. The van der Waals surface area contributed by atoms with Crippen LogP contribution in [0.5, 0.6) is 0 Å². The maximum absolute atomic E-state index is 2.41. The smallest absolute Gasteiger partial charge is 0.0628 e. The van der Waals surface area contributed by atoms with Crippen LogP contribution in [-0.2, 0) is 5.41 Å². The highest BCUT2D eigenvalue weighted by molar-refractivity contribution is 6.21. The summed E-state index contributed by atoms with van der Waals surface area (Å²) in [5.41, 5.74) is 19.3. The zero-order valence-electron chi connectivity index (χ0n) is 34.7. The standard InChI is InChI=1S/C59H43N3/c1-59(2)53-21-13-12-20-50(53)51-33-32-49(39-54(51)59)61(47-28-22-41(23-29-47)40-14-6-3-7-15-40)48-30-24-42(25-31-48)44-27-34-55-52(38-44)57-56(62(55)46-18-10-5-11-19-46)35-26-43-36-37-60(58(43)57)45-16-8-4-9-17-45/h3-39H,1-2H3. The number of benzene rings is 9. The largest absolute Gasteiger partial charge is 0.316 e. The molecule has 9 aromatic carbocycles. The molecule has 1 aliphatic rings. The van der Waals surface area contributed by atoms with E-state index in [1.54, 1.807) is 0 Å². The summed E-state index contributed by atoms with van der Waals surface area (Å²) in [7, 11) is 0. The summed E-state index contributed by atoms with van der Waals surface area (Å²) < 4.78 is 4.75. The second-order valence-corrected chi connectivity index (χ2v) is 17.0. The molecule has 0 amide bonds. The molecular weight excluding hydrogens is 751 g/mol. The fourth-order valence-electron chi connectivity index (χ4n) is 10.1. The SMILES string of the molecule is CC1(C)c2ccccc2-c2ccc(N(c3ccc(-c4ccccc4)cc3)c3ccc(-c4ccc5c(c4)c4c6c(ccc4n5-c4ccccc4)ccn6-c4ccccc4)cc3)cc21. The summed E-state index contributed by atoms with van der Waals surface area (Å²) in [6, 6.07) is 79.8. The summed E-state index contributed by atoms with van der Waals surface area (Å²) in [6.45, 7) is 4.71. The molecule has 0 aliphatic heterocycles. The third kappa shape index (κ3) is 5.66. The van der Waals surface area contributed by atoms with Crippen LogP contribution in [0.2, 0.25) is 0 Å². The second kappa shape index (κ2) is 14.1. The minimum atomic E-state index is -0.106. The molecule has 2 heterocycles. The van der Waals surface area contributed by atoms with Crippen LogP contribution < -0.4 is 4.90 Å². The highest BCUT2D eigenvalue weighted by Crippen LogP contribution is 2.51. The van der Waals surface area contributed by atoms with Crippen molar-refractivity contribution in [1.29, 1.82) is 0 Å². The number of anilines is 3. The first-order valence-corrected chi connectivity index (χ1v) is 21.5. The van der Waals surface area contributed by atoms with Gasteiger partial charge in [0.05, 0.1) is 16.6 Å². The number of para-hydroxylation sites is 2. The molecule has 0 saturated heterocycles. The molecule has 294 valence electrons. The van der Waals surface area contributed by atoms with Gasteiger partial charge in [-0.15, -0.1) is 0 Å². The van der Waals surface area contributed by atoms with Crippen molar-refractivity contribution in [2.75, 3.05) is 4.90 Å². The molecule has 11 aromatic rings. The number of fused-ring (bicyclic) bond motifs is 8. The first kappa shape index (κ1) is 36.0. The Kier molecular flexibility index (Phi) is 8.20. The van der Waals surface area contributed by atoms with E-state index in [0.29, 0.717) is 0 Å². The zero-order chi connectivity index (χ0) is 41.4. The van der Waals surface area contributed by atoms with E-state index >= 15 is 0 Å². The fourth-order valence-corrected chi connectivity index (χ4v) is 10.1. The van der Waals surface area contributed by atoms with E-state index in [1.807, 2.05) is 0 Å². The van der Waals surface area contributed by atoms with Crippen molar-refractivity contribution in [2.45, 2.75) is 19.3 Å². The monoisotopic (exact) mass is 793 g/mol. The van der Waals surface area contributed by atoms with Gasteiger partial charge >= 0.3 is 0 Å². The van der Waals surface area contributed by atoms with Crippen molar-refractivity contribution in [3.63, 3.8) is 0 Å². The van der Waals surface area contributed by atoms with Gasteiger partial charge < -0.3 is 14.0 Å². The van der Waals surface area contributed by atoms with Gasteiger partial charge in [-0.25, -0.2) is 0 Å². The van der Waals surface area contributed by atoms with E-state index in [9.17, 15) is 0 Å². The van der Waals surface area contributed by atoms with E-state index in [4.69, 9.17) is 0 Å². The molecule has 0 atom stereocenters. The zero-order valence-corrected chi connectivity index (χ0v) is 34.7. The maximum atomic E-state index is 2.41. The number of hydrogen-bond acceptors (Lipinski definition) is 1. The molecule has 0 fully saturated rings. The van der Waals surface area contributed by atoms with Crippen molar-refractivity contribution in [2.24, 2.45) is 0 Å². The Morgan fingerprint density at radius 1 is 0.403 bits per heavy atom. The summed E-state index contributed by atoms with van der Waals surface area (Å²) >= 11 is 0. The summed E-state index contributed by atoms with van der Waals surface area (Å²) in [5, 5.41) is 3.70. The van der Waals surface area contributed by atoms with Gasteiger partial charge in [-0.2, -0.15) is 0 Å². The first-order valence-electron chi connectivity index (χ1n) is 21.5. The average molecular weight is 794 g/mol. The van der Waals surface area contributed by atoms with E-state index in [2.05, 4.69) is 252 Å². The molecule has 2 aromatic heterocycles. The average Bonchev–Trinajstić information content (AvgIpc) is 3.98. The third-order valence-corrected chi connectivity index (χ3v) is 13.1. The van der Waals surface area contributed by atoms with E-state index < -0.39 is 0 Å².